The summed E-state index contributed by atoms with van der Waals surface area (Å²) in [7, 11) is -2.62. The second-order valence-electron chi connectivity index (χ2n) is 7.28. The van der Waals surface area contributed by atoms with E-state index in [9.17, 15) is 18.0 Å². The number of halogens is 1. The van der Waals surface area contributed by atoms with Gasteiger partial charge in [-0.3, -0.25) is 9.59 Å². The van der Waals surface area contributed by atoms with Gasteiger partial charge in [0.2, 0.25) is 15.9 Å². The molecule has 8 nitrogen and oxygen atoms in total. The molecule has 0 aliphatic carbocycles. The Balaban J connectivity index is 1.72. The Morgan fingerprint density at radius 1 is 1.26 bits per heavy atom. The van der Waals surface area contributed by atoms with E-state index in [1.165, 1.54) is 13.1 Å². The predicted molar refractivity (Wildman–Crippen MR) is 118 cm³/mol. The van der Waals surface area contributed by atoms with E-state index in [-0.39, 0.29) is 29.6 Å². The molecule has 1 aliphatic rings. The van der Waals surface area contributed by atoms with Gasteiger partial charge in [0.05, 0.1) is 17.1 Å². The Labute approximate surface area is 186 Å². The fourth-order valence-corrected chi connectivity index (χ4v) is 4.62. The molecule has 2 N–H and O–H groups in total. The number of fused-ring (bicyclic) bond motifs is 1. The molecule has 0 saturated carbocycles. The monoisotopic (exact) mass is 465 g/mol. The molecule has 0 radical (unpaired) electrons. The summed E-state index contributed by atoms with van der Waals surface area (Å²) in [6, 6.07) is 9.94. The first-order valence-electron chi connectivity index (χ1n) is 9.71. The lowest BCUT2D eigenvalue weighted by molar-refractivity contribution is -0.123. The molecular formula is C21H24ClN3O5S. The van der Waals surface area contributed by atoms with Gasteiger partial charge in [-0.05, 0) is 42.7 Å². The maximum absolute atomic E-state index is 13.1. The number of amides is 2. The summed E-state index contributed by atoms with van der Waals surface area (Å²) in [6.07, 6.45) is -0.225. The van der Waals surface area contributed by atoms with Crippen molar-refractivity contribution in [2.45, 2.75) is 37.8 Å². The highest BCUT2D eigenvalue weighted by molar-refractivity contribution is 7.89. The molecule has 3 rings (SSSR count). The van der Waals surface area contributed by atoms with Crippen molar-refractivity contribution in [3.63, 3.8) is 0 Å². The quantitative estimate of drug-likeness (QED) is 0.654. The number of nitrogens with zero attached hydrogens (tertiary/aromatic N) is 1. The van der Waals surface area contributed by atoms with Crippen molar-refractivity contribution in [1.82, 2.24) is 9.62 Å². The van der Waals surface area contributed by atoms with Gasteiger partial charge in [0.15, 0.2) is 6.10 Å². The molecule has 1 heterocycles. The minimum atomic E-state index is -3.96. The number of carbonyl (C=O) groups is 2. The van der Waals surface area contributed by atoms with Crippen LogP contribution in [0.1, 0.15) is 24.5 Å². The fourth-order valence-electron chi connectivity index (χ4n) is 3.15. The largest absolute Gasteiger partial charge is 0.478 e. The molecule has 2 amide bonds. The third-order valence-corrected chi connectivity index (χ3v) is 7.12. The number of ether oxygens (including phenoxy) is 1. The molecule has 0 bridgehead atoms. The number of sulfonamides is 1. The highest BCUT2D eigenvalue weighted by Crippen LogP contribution is 2.35. The highest BCUT2D eigenvalue weighted by atomic mass is 35.5. The van der Waals surface area contributed by atoms with Gasteiger partial charge in [-0.25, -0.2) is 8.42 Å². The standard InChI is InChI=1S/C21H24ClN3O5S/c1-4-17-21(27)24-16-9-13(2)19(10-18(16)30-17)31(28,29)25(3)12-20(26)23-11-14-5-7-15(22)8-6-14/h5-10,17H,4,11-12H2,1-3H3,(H,23,26)(H,24,27). The average Bonchev–Trinajstić information content (AvgIpc) is 2.72. The number of hydrogen-bond acceptors (Lipinski definition) is 5. The van der Waals surface area contributed by atoms with Crippen molar-refractivity contribution in [3.8, 4) is 5.75 Å². The Bertz CT molecular complexity index is 1100. The molecule has 166 valence electrons. The van der Waals surface area contributed by atoms with Crippen molar-refractivity contribution in [1.29, 1.82) is 0 Å². The van der Waals surface area contributed by atoms with Gasteiger partial charge in [0.25, 0.3) is 5.91 Å². The number of aryl methyl sites for hydroxylation is 1. The highest BCUT2D eigenvalue weighted by Gasteiger charge is 2.31. The molecule has 0 saturated heterocycles. The van der Waals surface area contributed by atoms with E-state index < -0.39 is 22.0 Å². The minimum Gasteiger partial charge on any atom is -0.478 e. The van der Waals surface area contributed by atoms with Gasteiger partial charge in [0, 0.05) is 24.7 Å². The Kier molecular flexibility index (Phi) is 6.88. The zero-order valence-corrected chi connectivity index (χ0v) is 19.0. The summed E-state index contributed by atoms with van der Waals surface area (Å²) in [6.45, 7) is 3.34. The summed E-state index contributed by atoms with van der Waals surface area (Å²) in [5, 5.41) is 6.02. The normalized spacial score (nSPS) is 15.8. The van der Waals surface area contributed by atoms with Gasteiger partial charge in [0.1, 0.15) is 5.75 Å². The van der Waals surface area contributed by atoms with Crippen molar-refractivity contribution >= 4 is 39.1 Å². The van der Waals surface area contributed by atoms with E-state index in [4.69, 9.17) is 16.3 Å². The molecule has 1 unspecified atom stereocenters. The van der Waals surface area contributed by atoms with Crippen LogP contribution in [0, 0.1) is 6.92 Å². The van der Waals surface area contributed by atoms with E-state index in [2.05, 4.69) is 10.6 Å². The Morgan fingerprint density at radius 3 is 2.58 bits per heavy atom. The molecule has 1 aliphatic heterocycles. The van der Waals surface area contributed by atoms with Crippen LogP contribution in [0.3, 0.4) is 0 Å². The molecule has 0 aromatic heterocycles. The van der Waals surface area contributed by atoms with E-state index in [1.54, 1.807) is 44.2 Å². The first-order valence-corrected chi connectivity index (χ1v) is 11.5. The van der Waals surface area contributed by atoms with E-state index in [1.807, 2.05) is 0 Å². The summed E-state index contributed by atoms with van der Waals surface area (Å²) in [4.78, 5) is 24.3. The van der Waals surface area contributed by atoms with Crippen LogP contribution >= 0.6 is 11.6 Å². The van der Waals surface area contributed by atoms with E-state index in [0.717, 1.165) is 9.87 Å². The number of hydrogen-bond donors (Lipinski definition) is 2. The van der Waals surface area contributed by atoms with E-state index >= 15 is 0 Å². The Hall–Kier alpha value is -2.62. The smallest absolute Gasteiger partial charge is 0.265 e. The number of rotatable bonds is 7. The van der Waals surface area contributed by atoms with Crippen molar-refractivity contribution in [3.05, 3.63) is 52.5 Å². The number of likely N-dealkylation sites (N-methyl/N-ethyl adjacent to an activating group) is 1. The lowest BCUT2D eigenvalue weighted by Crippen LogP contribution is -2.39. The van der Waals surface area contributed by atoms with Crippen LogP contribution in [-0.2, 0) is 26.2 Å². The van der Waals surface area contributed by atoms with Gasteiger partial charge < -0.3 is 15.4 Å². The van der Waals surface area contributed by atoms with Crippen LogP contribution in [0.25, 0.3) is 0 Å². The topological polar surface area (TPSA) is 105 Å². The third kappa shape index (κ3) is 5.17. The summed E-state index contributed by atoms with van der Waals surface area (Å²) in [5.41, 5.74) is 1.71. The van der Waals surface area contributed by atoms with Gasteiger partial charge in [-0.1, -0.05) is 30.7 Å². The second kappa shape index (κ2) is 9.25. The summed E-state index contributed by atoms with van der Waals surface area (Å²) >= 11 is 5.84. The van der Waals surface area contributed by atoms with Gasteiger partial charge in [-0.15, -0.1) is 0 Å². The average molecular weight is 466 g/mol. The lowest BCUT2D eigenvalue weighted by atomic mass is 10.1. The maximum Gasteiger partial charge on any atom is 0.265 e. The van der Waals surface area contributed by atoms with Crippen LogP contribution < -0.4 is 15.4 Å². The molecular weight excluding hydrogens is 442 g/mol. The lowest BCUT2D eigenvalue weighted by Gasteiger charge is -2.27. The second-order valence-corrected chi connectivity index (χ2v) is 9.73. The van der Waals surface area contributed by atoms with Gasteiger partial charge in [-0.2, -0.15) is 4.31 Å². The zero-order chi connectivity index (χ0) is 22.8. The molecule has 0 fully saturated rings. The Morgan fingerprint density at radius 2 is 1.94 bits per heavy atom. The molecule has 1 atom stereocenters. The molecule has 0 spiro atoms. The first-order chi connectivity index (χ1) is 14.6. The SMILES string of the molecule is CCC1Oc2cc(S(=O)(=O)N(C)CC(=O)NCc3ccc(Cl)cc3)c(C)cc2NC1=O. The number of carbonyl (C=O) groups excluding carboxylic acids is 2. The van der Waals surface area contributed by atoms with Crippen LogP contribution in [-0.4, -0.2) is 44.2 Å². The van der Waals surface area contributed by atoms with Gasteiger partial charge >= 0.3 is 0 Å². The predicted octanol–water partition coefficient (Wildman–Crippen LogP) is 2.69. The zero-order valence-electron chi connectivity index (χ0n) is 17.4. The fraction of sp³-hybridized carbons (Fsp3) is 0.333. The maximum atomic E-state index is 13.1. The van der Waals surface area contributed by atoms with Crippen LogP contribution in [0.4, 0.5) is 5.69 Å². The number of benzene rings is 2. The molecule has 2 aromatic rings. The first kappa shape index (κ1) is 23.1. The van der Waals surface area contributed by atoms with Crippen molar-refractivity contribution in [2.75, 3.05) is 18.9 Å². The van der Waals surface area contributed by atoms with Crippen LogP contribution in [0.2, 0.25) is 5.02 Å². The van der Waals surface area contributed by atoms with Crippen LogP contribution in [0.15, 0.2) is 41.3 Å². The van der Waals surface area contributed by atoms with Crippen molar-refractivity contribution in [2.24, 2.45) is 0 Å². The van der Waals surface area contributed by atoms with Crippen LogP contribution in [0.5, 0.6) is 5.75 Å². The third-order valence-electron chi connectivity index (χ3n) is 4.92. The molecule has 10 heteroatoms. The minimum absolute atomic E-state index is 0.0188. The summed E-state index contributed by atoms with van der Waals surface area (Å²) < 4.78 is 32.8. The van der Waals surface area contributed by atoms with E-state index in [0.29, 0.717) is 22.7 Å². The number of nitrogens with one attached hydrogen (secondary N) is 2. The van der Waals surface area contributed by atoms with Crippen molar-refractivity contribution < 1.29 is 22.7 Å². The molecule has 31 heavy (non-hydrogen) atoms. The number of anilines is 1. The summed E-state index contributed by atoms with van der Waals surface area (Å²) in [5.74, 6) is -0.415. The molecule has 2 aromatic carbocycles.